The smallest absolute Gasteiger partial charge is 0.349 e. The first-order valence-electron chi connectivity index (χ1n) is 8.66. The first kappa shape index (κ1) is 19.5. The second kappa shape index (κ2) is 8.63. The third kappa shape index (κ3) is 4.72. The average molecular weight is 393 g/mol. The molecule has 0 aliphatic rings. The van der Waals surface area contributed by atoms with Crippen LogP contribution in [0.25, 0.3) is 11.1 Å². The topological polar surface area (TPSA) is 72.5 Å². The van der Waals surface area contributed by atoms with Gasteiger partial charge in [0.25, 0.3) is 5.91 Å². The molecular weight excluding hydrogens is 374 g/mol. The lowest BCUT2D eigenvalue weighted by atomic mass is 10.1. The minimum atomic E-state index is -0.535. The highest BCUT2D eigenvalue weighted by molar-refractivity contribution is 7.12. The zero-order chi connectivity index (χ0) is 20.1. The molecule has 0 saturated heterocycles. The summed E-state index contributed by atoms with van der Waals surface area (Å²) in [6.45, 7) is 3.08. The molecule has 0 unspecified atom stereocenters. The highest BCUT2D eigenvalue weighted by Gasteiger charge is 2.17. The van der Waals surface area contributed by atoms with E-state index in [0.717, 1.165) is 16.7 Å². The average Bonchev–Trinajstić information content (AvgIpc) is 3.17. The Labute approximate surface area is 167 Å². The Kier molecular flexibility index (Phi) is 6.01. The Hall–Kier alpha value is -3.25. The maximum atomic E-state index is 12.4. The minimum absolute atomic E-state index is 0.0489. The predicted molar refractivity (Wildman–Crippen MR) is 110 cm³/mol. The molecule has 0 aliphatic heterocycles. The number of hydrogen-bond donors (Lipinski definition) is 1. The molecular formula is C22H19NO4S. The van der Waals surface area contributed by atoms with E-state index in [4.69, 9.17) is 4.74 Å². The fourth-order valence-corrected chi connectivity index (χ4v) is 3.42. The first-order valence-corrected chi connectivity index (χ1v) is 9.54. The maximum Gasteiger partial charge on any atom is 0.349 e. The van der Waals surface area contributed by atoms with Gasteiger partial charge in [0.2, 0.25) is 0 Å². The van der Waals surface area contributed by atoms with Gasteiger partial charge in [0.15, 0.2) is 12.4 Å². The van der Waals surface area contributed by atoms with Crippen molar-refractivity contribution < 1.29 is 19.1 Å². The van der Waals surface area contributed by atoms with Crippen LogP contribution in [0.1, 0.15) is 32.5 Å². The third-order valence-corrected chi connectivity index (χ3v) is 5.02. The van der Waals surface area contributed by atoms with Gasteiger partial charge in [0.1, 0.15) is 4.88 Å². The summed E-state index contributed by atoms with van der Waals surface area (Å²) in [4.78, 5) is 36.2. The molecule has 5 nitrogen and oxygen atoms in total. The molecule has 0 bridgehead atoms. The van der Waals surface area contributed by atoms with E-state index in [0.29, 0.717) is 16.1 Å². The highest BCUT2D eigenvalue weighted by Crippen LogP contribution is 2.29. The molecule has 1 amide bonds. The summed E-state index contributed by atoms with van der Waals surface area (Å²) in [5.74, 6) is -1.03. The van der Waals surface area contributed by atoms with E-state index >= 15 is 0 Å². The fourth-order valence-electron chi connectivity index (χ4n) is 2.61. The number of Topliss-reactive ketones (excluding diaryl/α,β-unsaturated/α-hetero) is 1. The summed E-state index contributed by atoms with van der Waals surface area (Å²) in [5, 5.41) is 4.46. The first-order chi connectivity index (χ1) is 13.4. The largest absolute Gasteiger partial charge is 0.451 e. The van der Waals surface area contributed by atoms with Gasteiger partial charge in [-0.1, -0.05) is 29.8 Å². The third-order valence-electron chi connectivity index (χ3n) is 4.12. The summed E-state index contributed by atoms with van der Waals surface area (Å²) in [7, 11) is 0. The maximum absolute atomic E-state index is 12.4. The Morgan fingerprint density at radius 2 is 1.64 bits per heavy atom. The van der Waals surface area contributed by atoms with Gasteiger partial charge >= 0.3 is 5.97 Å². The van der Waals surface area contributed by atoms with Crippen LogP contribution < -0.4 is 5.32 Å². The molecule has 2 aromatic carbocycles. The number of benzene rings is 2. The number of nitrogens with one attached hydrogen (secondary N) is 1. The molecule has 1 aromatic heterocycles. The van der Waals surface area contributed by atoms with Crippen molar-refractivity contribution in [2.75, 3.05) is 11.9 Å². The molecule has 3 rings (SSSR count). The Bertz CT molecular complexity index is 1000. The summed E-state index contributed by atoms with van der Waals surface area (Å²) in [6, 6.07) is 16.2. The van der Waals surface area contributed by atoms with Gasteiger partial charge in [-0.05, 0) is 55.1 Å². The van der Waals surface area contributed by atoms with Gasteiger partial charge in [-0.25, -0.2) is 4.79 Å². The number of hydrogen-bond acceptors (Lipinski definition) is 5. The summed E-state index contributed by atoms with van der Waals surface area (Å²) in [5.41, 5.74) is 3.94. The van der Waals surface area contributed by atoms with E-state index in [1.54, 1.807) is 24.3 Å². The Morgan fingerprint density at radius 3 is 2.29 bits per heavy atom. The number of carbonyl (C=O) groups is 3. The Morgan fingerprint density at radius 1 is 0.964 bits per heavy atom. The number of ketones is 1. The van der Waals surface area contributed by atoms with Crippen LogP contribution in [0.3, 0.4) is 0 Å². The van der Waals surface area contributed by atoms with Crippen LogP contribution >= 0.6 is 11.3 Å². The standard InChI is InChI=1S/C22H19NO4S/c1-14-3-5-17(6-4-14)19-11-12-28-21(19)22(26)27-13-20(25)23-18-9-7-16(8-10-18)15(2)24/h3-12H,13H2,1-2H3,(H,23,25). The van der Waals surface area contributed by atoms with E-state index < -0.39 is 18.5 Å². The van der Waals surface area contributed by atoms with E-state index in [1.807, 2.05) is 42.6 Å². The lowest BCUT2D eigenvalue weighted by Gasteiger charge is -2.08. The van der Waals surface area contributed by atoms with Crippen molar-refractivity contribution in [1.82, 2.24) is 0 Å². The summed E-state index contributed by atoms with van der Waals surface area (Å²) >= 11 is 1.28. The lowest BCUT2D eigenvalue weighted by molar-refractivity contribution is -0.119. The van der Waals surface area contributed by atoms with Gasteiger partial charge in [-0.2, -0.15) is 0 Å². The number of rotatable bonds is 6. The SMILES string of the molecule is CC(=O)c1ccc(NC(=O)COC(=O)c2sccc2-c2ccc(C)cc2)cc1. The molecule has 0 radical (unpaired) electrons. The van der Waals surface area contributed by atoms with E-state index in [2.05, 4.69) is 5.32 Å². The predicted octanol–water partition coefficient (Wildman–Crippen LogP) is 4.72. The quantitative estimate of drug-likeness (QED) is 0.486. The number of aryl methyl sites for hydroxylation is 1. The van der Waals surface area contributed by atoms with Crippen LogP contribution in [-0.4, -0.2) is 24.3 Å². The number of thiophene rings is 1. The second-order valence-electron chi connectivity index (χ2n) is 6.29. The van der Waals surface area contributed by atoms with Crippen molar-refractivity contribution in [3.8, 4) is 11.1 Å². The van der Waals surface area contributed by atoms with Crippen LogP contribution in [0.5, 0.6) is 0 Å². The Balaban J connectivity index is 1.60. The molecule has 0 saturated carbocycles. The van der Waals surface area contributed by atoms with E-state index in [-0.39, 0.29) is 5.78 Å². The molecule has 1 N–H and O–H groups in total. The van der Waals surface area contributed by atoms with Crippen molar-refractivity contribution >= 4 is 34.7 Å². The number of amides is 1. The molecule has 0 atom stereocenters. The highest BCUT2D eigenvalue weighted by atomic mass is 32.1. The van der Waals surface area contributed by atoms with Crippen LogP contribution in [0, 0.1) is 6.92 Å². The van der Waals surface area contributed by atoms with Crippen molar-refractivity contribution in [1.29, 1.82) is 0 Å². The van der Waals surface area contributed by atoms with Crippen molar-refractivity contribution in [3.05, 3.63) is 76.0 Å². The molecule has 1 heterocycles. The van der Waals surface area contributed by atoms with Gasteiger partial charge in [0.05, 0.1) is 0 Å². The molecule has 0 aliphatic carbocycles. The molecule has 0 fully saturated rings. The number of carbonyl (C=O) groups excluding carboxylic acids is 3. The minimum Gasteiger partial charge on any atom is -0.451 e. The molecule has 28 heavy (non-hydrogen) atoms. The van der Waals surface area contributed by atoms with Crippen molar-refractivity contribution in [2.45, 2.75) is 13.8 Å². The van der Waals surface area contributed by atoms with Gasteiger partial charge < -0.3 is 10.1 Å². The molecule has 6 heteroatoms. The molecule has 0 spiro atoms. The monoisotopic (exact) mass is 393 g/mol. The number of anilines is 1. The van der Waals surface area contributed by atoms with Crippen LogP contribution in [0.4, 0.5) is 5.69 Å². The lowest BCUT2D eigenvalue weighted by Crippen LogP contribution is -2.20. The van der Waals surface area contributed by atoms with Crippen LogP contribution in [0.15, 0.2) is 60.0 Å². The molecule has 142 valence electrons. The molecule has 3 aromatic rings. The zero-order valence-electron chi connectivity index (χ0n) is 15.5. The van der Waals surface area contributed by atoms with Crippen LogP contribution in [0.2, 0.25) is 0 Å². The second-order valence-corrected chi connectivity index (χ2v) is 7.20. The van der Waals surface area contributed by atoms with Crippen molar-refractivity contribution in [2.24, 2.45) is 0 Å². The van der Waals surface area contributed by atoms with Gasteiger partial charge in [0, 0.05) is 16.8 Å². The van der Waals surface area contributed by atoms with Crippen LogP contribution in [-0.2, 0) is 9.53 Å². The van der Waals surface area contributed by atoms with E-state index in [1.165, 1.54) is 18.3 Å². The van der Waals surface area contributed by atoms with E-state index in [9.17, 15) is 14.4 Å². The number of ether oxygens (including phenoxy) is 1. The normalized spacial score (nSPS) is 10.4. The van der Waals surface area contributed by atoms with Crippen molar-refractivity contribution in [3.63, 3.8) is 0 Å². The summed E-state index contributed by atoms with van der Waals surface area (Å²) in [6.07, 6.45) is 0. The summed E-state index contributed by atoms with van der Waals surface area (Å²) < 4.78 is 5.17. The fraction of sp³-hybridized carbons (Fsp3) is 0.136. The van der Waals surface area contributed by atoms with Gasteiger partial charge in [-0.3, -0.25) is 9.59 Å². The zero-order valence-corrected chi connectivity index (χ0v) is 16.3. The van der Waals surface area contributed by atoms with Gasteiger partial charge in [-0.15, -0.1) is 11.3 Å². The number of esters is 1.